The highest BCUT2D eigenvalue weighted by Gasteiger charge is 2.08. The van der Waals surface area contributed by atoms with Crippen molar-refractivity contribution in [3.05, 3.63) is 12.8 Å². The molecule has 1 amide bonds. The fourth-order valence-electron chi connectivity index (χ4n) is 0.279. The Morgan fingerprint density at radius 2 is 2.33 bits per heavy atom. The summed E-state index contributed by atoms with van der Waals surface area (Å²) in [6.45, 7) is 3.13. The lowest BCUT2D eigenvalue weighted by molar-refractivity contribution is 0.179. The molecule has 0 saturated heterocycles. The van der Waals surface area contributed by atoms with Gasteiger partial charge in [0.1, 0.15) is 0 Å². The Hall–Kier alpha value is -1.52. The minimum atomic E-state index is -1.31. The van der Waals surface area contributed by atoms with Crippen molar-refractivity contribution in [2.75, 3.05) is 0 Å². The maximum absolute atomic E-state index is 10.0. The number of hydrogen-bond acceptors (Lipinski definition) is 2. The summed E-state index contributed by atoms with van der Waals surface area (Å²) in [6.07, 6.45) is -0.359. The van der Waals surface area contributed by atoms with Crippen LogP contribution in [-0.4, -0.2) is 22.1 Å². The van der Waals surface area contributed by atoms with Crippen LogP contribution in [0.3, 0.4) is 0 Å². The van der Waals surface area contributed by atoms with E-state index in [0.717, 1.165) is 6.20 Å². The maximum atomic E-state index is 10.0. The summed E-state index contributed by atoms with van der Waals surface area (Å²) in [7, 11) is 0. The summed E-state index contributed by atoms with van der Waals surface area (Å²) in [5.74, 6) is -0.558. The fraction of sp³-hybridized carbons (Fsp3) is 0. The van der Waals surface area contributed by atoms with Gasteiger partial charge in [0.05, 0.1) is 0 Å². The lowest BCUT2D eigenvalue weighted by Gasteiger charge is -2.08. The van der Waals surface area contributed by atoms with Crippen molar-refractivity contribution < 1.29 is 9.90 Å². The van der Waals surface area contributed by atoms with Crippen molar-refractivity contribution in [3.63, 3.8) is 0 Å². The Balaban J connectivity index is 4.16. The van der Waals surface area contributed by atoms with Crippen LogP contribution < -0.4 is 5.73 Å². The summed E-state index contributed by atoms with van der Waals surface area (Å²) in [6, 6.07) is 0. The lowest BCUT2D eigenvalue weighted by atomic mass is 10.7. The van der Waals surface area contributed by atoms with Crippen LogP contribution in [0.15, 0.2) is 12.8 Å². The Labute approximate surface area is 51.9 Å². The standard InChI is InChI=1S/C4H7N3O2/c1-2-7(3(5)6)4(8)9/h2H,1H2,(H3,5,6)(H,8,9). The van der Waals surface area contributed by atoms with Crippen LogP contribution in [0.4, 0.5) is 4.79 Å². The lowest BCUT2D eigenvalue weighted by Crippen LogP contribution is -2.35. The van der Waals surface area contributed by atoms with E-state index in [4.69, 9.17) is 16.2 Å². The van der Waals surface area contributed by atoms with Crippen LogP contribution in [0.2, 0.25) is 0 Å². The smallest absolute Gasteiger partial charge is 0.418 e. The van der Waals surface area contributed by atoms with E-state index in [-0.39, 0.29) is 0 Å². The highest BCUT2D eigenvalue weighted by Crippen LogP contribution is 1.85. The minimum Gasteiger partial charge on any atom is -0.464 e. The monoisotopic (exact) mass is 129 g/mol. The fourth-order valence-corrected chi connectivity index (χ4v) is 0.279. The zero-order valence-electron chi connectivity index (χ0n) is 4.66. The van der Waals surface area contributed by atoms with E-state index in [1.54, 1.807) is 0 Å². The minimum absolute atomic E-state index is 0.500. The number of guanidine groups is 1. The number of rotatable bonds is 1. The molecule has 0 unspecified atom stereocenters. The Bertz CT molecular complexity index is 140. The topological polar surface area (TPSA) is 90.4 Å². The number of carboxylic acid groups (broad SMARTS) is 1. The largest absolute Gasteiger partial charge is 0.464 e. The molecule has 0 aliphatic heterocycles. The molecule has 0 fully saturated rings. The summed E-state index contributed by atoms with van der Waals surface area (Å²) >= 11 is 0. The average Bonchev–Trinajstić information content (AvgIpc) is 1.64. The van der Waals surface area contributed by atoms with E-state index in [9.17, 15) is 4.79 Å². The number of amides is 1. The molecule has 0 aliphatic carbocycles. The van der Waals surface area contributed by atoms with E-state index in [1.165, 1.54) is 0 Å². The second-order valence-electron chi connectivity index (χ2n) is 1.22. The summed E-state index contributed by atoms with van der Waals surface area (Å²) in [5, 5.41) is 14.8. The van der Waals surface area contributed by atoms with Crippen molar-refractivity contribution in [1.82, 2.24) is 4.90 Å². The van der Waals surface area contributed by atoms with Crippen LogP contribution in [0, 0.1) is 5.41 Å². The summed E-state index contributed by atoms with van der Waals surface area (Å²) < 4.78 is 0. The molecule has 9 heavy (non-hydrogen) atoms. The first-order chi connectivity index (χ1) is 4.09. The van der Waals surface area contributed by atoms with Crippen LogP contribution in [0.1, 0.15) is 0 Å². The van der Waals surface area contributed by atoms with Crippen molar-refractivity contribution in [2.24, 2.45) is 5.73 Å². The number of nitrogens with one attached hydrogen (secondary N) is 1. The molecule has 0 bridgehead atoms. The van der Waals surface area contributed by atoms with Crippen molar-refractivity contribution >= 4 is 12.1 Å². The van der Waals surface area contributed by atoms with E-state index >= 15 is 0 Å². The molecule has 0 aromatic heterocycles. The second-order valence-corrected chi connectivity index (χ2v) is 1.22. The van der Waals surface area contributed by atoms with Gasteiger partial charge in [-0.05, 0) is 0 Å². The normalized spacial score (nSPS) is 8.00. The quantitative estimate of drug-likeness (QED) is 0.344. The number of hydrogen-bond donors (Lipinski definition) is 3. The third kappa shape index (κ3) is 1.81. The maximum Gasteiger partial charge on any atom is 0.418 e. The molecule has 0 radical (unpaired) electrons. The predicted molar refractivity (Wildman–Crippen MR) is 32.0 cm³/mol. The van der Waals surface area contributed by atoms with Crippen molar-refractivity contribution in [3.8, 4) is 0 Å². The molecule has 0 atom stereocenters. The molecule has 5 nitrogen and oxygen atoms in total. The summed E-state index contributed by atoms with van der Waals surface area (Å²) in [5.41, 5.74) is 4.81. The predicted octanol–water partition coefficient (Wildman–Crippen LogP) is 0.00337. The molecule has 0 aromatic rings. The first kappa shape index (κ1) is 7.48. The Morgan fingerprint density at radius 1 is 1.89 bits per heavy atom. The molecule has 0 saturated carbocycles. The molecule has 0 rings (SSSR count). The van der Waals surface area contributed by atoms with Gasteiger partial charge in [-0.1, -0.05) is 6.58 Å². The van der Waals surface area contributed by atoms with Gasteiger partial charge in [-0.2, -0.15) is 0 Å². The molecule has 5 heteroatoms. The van der Waals surface area contributed by atoms with Crippen LogP contribution in [-0.2, 0) is 0 Å². The molecule has 0 aliphatic rings. The van der Waals surface area contributed by atoms with E-state index in [2.05, 4.69) is 6.58 Å². The van der Waals surface area contributed by atoms with Gasteiger partial charge in [-0.25, -0.2) is 9.69 Å². The van der Waals surface area contributed by atoms with Gasteiger partial charge in [-0.15, -0.1) is 0 Å². The molecule has 4 N–H and O–H groups in total. The molecule has 50 valence electrons. The highest BCUT2D eigenvalue weighted by molar-refractivity contribution is 5.91. The molecule has 0 heterocycles. The van der Waals surface area contributed by atoms with Gasteiger partial charge in [-0.3, -0.25) is 5.41 Å². The summed E-state index contributed by atoms with van der Waals surface area (Å²) in [4.78, 5) is 10.5. The van der Waals surface area contributed by atoms with E-state index in [0.29, 0.717) is 4.90 Å². The third-order valence-electron chi connectivity index (χ3n) is 0.648. The highest BCUT2D eigenvalue weighted by atomic mass is 16.4. The van der Waals surface area contributed by atoms with Gasteiger partial charge in [0.2, 0.25) is 5.96 Å². The van der Waals surface area contributed by atoms with Crippen molar-refractivity contribution in [1.29, 1.82) is 5.41 Å². The van der Waals surface area contributed by atoms with E-state index in [1.807, 2.05) is 0 Å². The molecule has 0 spiro atoms. The Morgan fingerprint density at radius 3 is 2.33 bits per heavy atom. The third-order valence-corrected chi connectivity index (χ3v) is 0.648. The van der Waals surface area contributed by atoms with Crippen LogP contribution in [0.5, 0.6) is 0 Å². The zero-order valence-corrected chi connectivity index (χ0v) is 4.66. The van der Waals surface area contributed by atoms with Crippen LogP contribution >= 0.6 is 0 Å². The van der Waals surface area contributed by atoms with Gasteiger partial charge in [0, 0.05) is 6.20 Å². The zero-order chi connectivity index (χ0) is 7.44. The van der Waals surface area contributed by atoms with Crippen molar-refractivity contribution in [2.45, 2.75) is 0 Å². The van der Waals surface area contributed by atoms with Gasteiger partial charge in [0.25, 0.3) is 0 Å². The van der Waals surface area contributed by atoms with Gasteiger partial charge >= 0.3 is 6.09 Å². The number of carbonyl (C=O) groups is 1. The number of nitrogens with two attached hydrogens (primary N) is 1. The molecular weight excluding hydrogens is 122 g/mol. The Kier molecular flexibility index (Phi) is 2.25. The second kappa shape index (κ2) is 2.71. The number of nitrogens with zero attached hydrogens (tertiary/aromatic N) is 1. The van der Waals surface area contributed by atoms with E-state index < -0.39 is 12.1 Å². The van der Waals surface area contributed by atoms with Gasteiger partial charge in [0.15, 0.2) is 0 Å². The average molecular weight is 129 g/mol. The first-order valence-corrected chi connectivity index (χ1v) is 2.08. The SMILES string of the molecule is C=CN(C(=N)N)C(=O)O. The first-order valence-electron chi connectivity index (χ1n) is 2.08. The molecule has 0 aromatic carbocycles. The molecular formula is C4H7N3O2. The van der Waals surface area contributed by atoms with Crippen LogP contribution in [0.25, 0.3) is 0 Å². The van der Waals surface area contributed by atoms with Gasteiger partial charge < -0.3 is 10.8 Å².